The van der Waals surface area contributed by atoms with E-state index in [1.165, 1.54) is 12.1 Å². The molecule has 0 fully saturated rings. The van der Waals surface area contributed by atoms with E-state index in [9.17, 15) is 8.42 Å². The summed E-state index contributed by atoms with van der Waals surface area (Å²) in [5.74, 6) is 0.174. The quantitative estimate of drug-likeness (QED) is 0.390. The normalized spacial score (nSPS) is 11.5. The van der Waals surface area contributed by atoms with E-state index in [-0.39, 0.29) is 21.4 Å². The summed E-state index contributed by atoms with van der Waals surface area (Å²) in [5, 5.41) is 0.111. The van der Waals surface area contributed by atoms with Crippen molar-refractivity contribution >= 4 is 33.6 Å². The smallest absolute Gasteiger partial charge is 0.339 e. The van der Waals surface area contributed by atoms with Crippen LogP contribution in [0.2, 0.25) is 5.02 Å². The minimum Gasteiger partial charge on any atom is -0.490 e. The lowest BCUT2D eigenvalue weighted by Gasteiger charge is -2.14. The lowest BCUT2D eigenvalue weighted by molar-refractivity contribution is 0.327. The highest BCUT2D eigenvalue weighted by Crippen LogP contribution is 2.38. The molecule has 0 aliphatic rings. The van der Waals surface area contributed by atoms with Gasteiger partial charge >= 0.3 is 10.1 Å². The lowest BCUT2D eigenvalue weighted by Crippen LogP contribution is -2.11. The molecule has 28 heavy (non-hydrogen) atoms. The Morgan fingerprint density at radius 3 is 2.29 bits per heavy atom. The van der Waals surface area contributed by atoms with Crippen LogP contribution < -0.4 is 8.92 Å². The average molecular weight is 416 g/mol. The Balaban J connectivity index is 1.94. The molecular weight excluding hydrogens is 398 g/mol. The van der Waals surface area contributed by atoms with Gasteiger partial charge in [0.05, 0.1) is 17.3 Å². The van der Waals surface area contributed by atoms with Crippen LogP contribution in [0.25, 0.3) is 0 Å². The van der Waals surface area contributed by atoms with Gasteiger partial charge in [0.15, 0.2) is 5.75 Å². The van der Waals surface area contributed by atoms with Crippen molar-refractivity contribution in [2.75, 3.05) is 6.61 Å². The Morgan fingerprint density at radius 1 is 1.00 bits per heavy atom. The Morgan fingerprint density at radius 2 is 1.64 bits per heavy atom. The lowest BCUT2D eigenvalue weighted by atomic mass is 10.2. The minimum absolute atomic E-state index is 0.0308. The van der Waals surface area contributed by atoms with Crippen molar-refractivity contribution in [3.8, 4) is 11.5 Å². The molecule has 5 nitrogen and oxygen atoms in total. The summed E-state index contributed by atoms with van der Waals surface area (Å²) in [6, 6.07) is 20.5. The van der Waals surface area contributed by atoms with Gasteiger partial charge in [0.1, 0.15) is 4.90 Å². The summed E-state index contributed by atoms with van der Waals surface area (Å²) in [4.78, 5) is 4.40. The fraction of sp³-hybridized carbons (Fsp3) is 0.0952. The van der Waals surface area contributed by atoms with E-state index in [0.717, 1.165) is 5.69 Å². The Bertz CT molecular complexity index is 1070. The summed E-state index contributed by atoms with van der Waals surface area (Å²) < 4.78 is 35.9. The van der Waals surface area contributed by atoms with Gasteiger partial charge in [-0.2, -0.15) is 8.42 Å². The molecule has 0 aromatic heterocycles. The van der Waals surface area contributed by atoms with Crippen LogP contribution >= 0.6 is 11.6 Å². The van der Waals surface area contributed by atoms with Crippen molar-refractivity contribution in [1.29, 1.82) is 0 Å². The van der Waals surface area contributed by atoms with Crippen LogP contribution in [-0.2, 0) is 10.1 Å². The number of rotatable bonds is 7. The topological polar surface area (TPSA) is 65.0 Å². The predicted octanol–water partition coefficient (Wildman–Crippen LogP) is 5.26. The summed E-state index contributed by atoms with van der Waals surface area (Å²) in [6.45, 7) is 2.10. The summed E-state index contributed by atoms with van der Waals surface area (Å²) in [7, 11) is -4.04. The van der Waals surface area contributed by atoms with Gasteiger partial charge in [-0.05, 0) is 48.9 Å². The van der Waals surface area contributed by atoms with Crippen LogP contribution in [0.4, 0.5) is 5.69 Å². The van der Waals surface area contributed by atoms with E-state index in [1.807, 2.05) is 30.3 Å². The third-order valence-electron chi connectivity index (χ3n) is 3.68. The van der Waals surface area contributed by atoms with Crippen molar-refractivity contribution in [2.24, 2.45) is 4.99 Å². The number of nitrogens with zero attached hydrogens (tertiary/aromatic N) is 1. The first-order valence-corrected chi connectivity index (χ1v) is 10.3. The molecule has 0 amide bonds. The van der Waals surface area contributed by atoms with Crippen LogP contribution in [0.5, 0.6) is 11.5 Å². The molecule has 0 unspecified atom stereocenters. The highest BCUT2D eigenvalue weighted by molar-refractivity contribution is 7.87. The molecule has 0 N–H and O–H groups in total. The molecule has 144 valence electrons. The van der Waals surface area contributed by atoms with Crippen LogP contribution in [-0.4, -0.2) is 21.2 Å². The number of benzene rings is 3. The molecule has 0 aliphatic heterocycles. The Kier molecular flexibility index (Phi) is 6.34. The van der Waals surface area contributed by atoms with Gasteiger partial charge < -0.3 is 8.92 Å². The maximum Gasteiger partial charge on any atom is 0.339 e. The molecular formula is C21H18ClNO4S. The van der Waals surface area contributed by atoms with E-state index in [0.29, 0.717) is 12.2 Å². The standard InChI is InChI=1S/C21H18ClNO4S/c1-2-26-20-14-16(15-23-17-9-5-3-6-10-17)13-19(22)21(20)27-28(24,25)18-11-7-4-8-12-18/h3-15H,2H2,1H3. The second kappa shape index (κ2) is 8.91. The zero-order valence-electron chi connectivity index (χ0n) is 15.1. The van der Waals surface area contributed by atoms with Gasteiger partial charge in [-0.1, -0.05) is 48.0 Å². The summed E-state index contributed by atoms with van der Waals surface area (Å²) >= 11 is 6.31. The maximum absolute atomic E-state index is 12.5. The van der Waals surface area contributed by atoms with E-state index < -0.39 is 10.1 Å². The molecule has 0 atom stereocenters. The third kappa shape index (κ3) is 4.91. The molecule has 3 aromatic rings. The van der Waals surface area contributed by atoms with Crippen molar-refractivity contribution in [3.05, 3.63) is 83.4 Å². The summed E-state index contributed by atoms with van der Waals surface area (Å²) in [5.41, 5.74) is 1.44. The highest BCUT2D eigenvalue weighted by atomic mass is 35.5. The fourth-order valence-corrected chi connectivity index (χ4v) is 3.70. The first kappa shape index (κ1) is 19.9. The SMILES string of the molecule is CCOc1cc(C=Nc2ccccc2)cc(Cl)c1OS(=O)(=O)c1ccccc1. The molecule has 0 saturated carbocycles. The number of aliphatic imine (C=N–C) groups is 1. The van der Waals surface area contributed by atoms with Crippen LogP contribution in [0.3, 0.4) is 0 Å². The molecule has 3 aromatic carbocycles. The zero-order valence-corrected chi connectivity index (χ0v) is 16.7. The number of hydrogen-bond acceptors (Lipinski definition) is 5. The van der Waals surface area contributed by atoms with Crippen LogP contribution in [0.1, 0.15) is 12.5 Å². The molecule has 3 rings (SSSR count). The van der Waals surface area contributed by atoms with Crippen LogP contribution in [0, 0.1) is 0 Å². The van der Waals surface area contributed by atoms with E-state index in [4.69, 9.17) is 20.5 Å². The van der Waals surface area contributed by atoms with Crippen molar-refractivity contribution in [2.45, 2.75) is 11.8 Å². The molecule has 0 saturated heterocycles. The minimum atomic E-state index is -4.04. The number of ether oxygens (including phenoxy) is 1. The predicted molar refractivity (Wildman–Crippen MR) is 111 cm³/mol. The average Bonchev–Trinajstić information content (AvgIpc) is 2.70. The number of halogens is 1. The zero-order chi connectivity index (χ0) is 20.0. The van der Waals surface area contributed by atoms with Gasteiger partial charge in [-0.25, -0.2) is 0 Å². The van der Waals surface area contributed by atoms with Gasteiger partial charge in [0, 0.05) is 6.21 Å². The molecule has 0 heterocycles. The molecule has 0 aliphatic carbocycles. The molecule has 0 bridgehead atoms. The highest BCUT2D eigenvalue weighted by Gasteiger charge is 2.22. The fourth-order valence-electron chi connectivity index (χ4n) is 2.41. The first-order chi connectivity index (χ1) is 13.5. The molecule has 0 spiro atoms. The van der Waals surface area contributed by atoms with Gasteiger partial charge in [-0.3, -0.25) is 4.99 Å². The Labute approximate surface area is 169 Å². The molecule has 7 heteroatoms. The van der Waals surface area contributed by atoms with E-state index >= 15 is 0 Å². The van der Waals surface area contributed by atoms with Crippen molar-refractivity contribution < 1.29 is 17.3 Å². The van der Waals surface area contributed by atoms with Gasteiger partial charge in [0.25, 0.3) is 0 Å². The van der Waals surface area contributed by atoms with Crippen molar-refractivity contribution in [3.63, 3.8) is 0 Å². The largest absolute Gasteiger partial charge is 0.490 e. The summed E-state index contributed by atoms with van der Waals surface area (Å²) in [6.07, 6.45) is 1.62. The first-order valence-electron chi connectivity index (χ1n) is 8.54. The van der Waals surface area contributed by atoms with E-state index in [2.05, 4.69) is 4.99 Å². The molecule has 0 radical (unpaired) electrons. The maximum atomic E-state index is 12.5. The second-order valence-electron chi connectivity index (χ2n) is 5.71. The van der Waals surface area contributed by atoms with Gasteiger partial charge in [0.2, 0.25) is 5.75 Å². The Hall–Kier alpha value is -2.83. The number of para-hydroxylation sites is 1. The third-order valence-corrected chi connectivity index (χ3v) is 5.19. The van der Waals surface area contributed by atoms with Gasteiger partial charge in [-0.15, -0.1) is 0 Å². The second-order valence-corrected chi connectivity index (χ2v) is 7.66. The van der Waals surface area contributed by atoms with Crippen LogP contribution in [0.15, 0.2) is 82.7 Å². The monoisotopic (exact) mass is 415 g/mol. The number of hydrogen-bond donors (Lipinski definition) is 0. The van der Waals surface area contributed by atoms with Crippen molar-refractivity contribution in [1.82, 2.24) is 0 Å². The van der Waals surface area contributed by atoms with E-state index in [1.54, 1.807) is 43.5 Å².